The first kappa shape index (κ1) is 13.4. The Morgan fingerprint density at radius 1 is 1.44 bits per heavy atom. The summed E-state index contributed by atoms with van der Waals surface area (Å²) in [6.45, 7) is 0. The Morgan fingerprint density at radius 2 is 2.11 bits per heavy atom. The van der Waals surface area contributed by atoms with Gasteiger partial charge in [-0.25, -0.2) is 4.39 Å². The molecule has 1 heterocycles. The number of likely N-dealkylation sites (N-methyl/N-ethyl adjacent to an activating group) is 1. The molecule has 1 aromatic rings. The van der Waals surface area contributed by atoms with Crippen LogP contribution in [0.25, 0.3) is 0 Å². The van der Waals surface area contributed by atoms with Gasteiger partial charge >= 0.3 is 0 Å². The average Bonchev–Trinajstić information content (AvgIpc) is 2.83. The van der Waals surface area contributed by atoms with Crippen LogP contribution in [0.1, 0.15) is 37.3 Å². The molecule has 18 heavy (non-hydrogen) atoms. The fourth-order valence-electron chi connectivity index (χ4n) is 3.14. The molecule has 0 radical (unpaired) electrons. The van der Waals surface area contributed by atoms with Crippen LogP contribution in [0, 0.1) is 5.82 Å². The Hall–Kier alpha value is -1.04. The number of hydrogen-bond acceptors (Lipinski definition) is 4. The van der Waals surface area contributed by atoms with Gasteiger partial charge in [-0.1, -0.05) is 12.8 Å². The summed E-state index contributed by atoms with van der Waals surface area (Å²) < 4.78 is 13.9. The molecule has 1 unspecified atom stereocenters. The summed E-state index contributed by atoms with van der Waals surface area (Å²) in [5.74, 6) is 5.42. The summed E-state index contributed by atoms with van der Waals surface area (Å²) in [5.41, 5.74) is 3.30. The minimum absolute atomic E-state index is 0.114. The number of halogens is 1. The van der Waals surface area contributed by atoms with Crippen LogP contribution in [0.15, 0.2) is 18.5 Å². The first-order valence-corrected chi connectivity index (χ1v) is 6.35. The molecule has 2 rings (SSSR count). The van der Waals surface area contributed by atoms with Crippen LogP contribution in [0.5, 0.6) is 0 Å². The predicted octanol–water partition coefficient (Wildman–Crippen LogP) is 1.60. The molecular weight excluding hydrogens is 231 g/mol. The van der Waals surface area contributed by atoms with Crippen LogP contribution in [0.4, 0.5) is 4.39 Å². The molecular formula is C13H21FN4. The second kappa shape index (κ2) is 5.30. The minimum Gasteiger partial charge on any atom is -0.302 e. The van der Waals surface area contributed by atoms with E-state index in [0.717, 1.165) is 25.7 Å². The number of nitrogens with zero attached hydrogens (tertiary/aromatic N) is 2. The fraction of sp³-hybridized carbons (Fsp3) is 0.615. The molecule has 0 aliphatic heterocycles. The Balaban J connectivity index is 2.41. The number of hydrazine groups is 1. The molecule has 100 valence electrons. The van der Waals surface area contributed by atoms with Crippen molar-refractivity contribution >= 4 is 0 Å². The molecule has 1 atom stereocenters. The molecule has 4 nitrogen and oxygen atoms in total. The third-order valence-electron chi connectivity index (χ3n) is 4.18. The van der Waals surface area contributed by atoms with Crippen molar-refractivity contribution in [1.82, 2.24) is 15.3 Å². The number of hydrogen-bond donors (Lipinski definition) is 2. The van der Waals surface area contributed by atoms with Gasteiger partial charge in [-0.05, 0) is 33.0 Å². The van der Waals surface area contributed by atoms with Crippen molar-refractivity contribution in [3.05, 3.63) is 29.8 Å². The number of aromatic nitrogens is 1. The maximum atomic E-state index is 13.9. The van der Waals surface area contributed by atoms with E-state index in [4.69, 9.17) is 5.84 Å². The highest BCUT2D eigenvalue weighted by atomic mass is 19.1. The minimum atomic E-state index is -0.298. The van der Waals surface area contributed by atoms with Gasteiger partial charge in [-0.3, -0.25) is 16.3 Å². The smallest absolute Gasteiger partial charge is 0.146 e. The van der Waals surface area contributed by atoms with Crippen molar-refractivity contribution in [1.29, 1.82) is 0 Å². The normalized spacial score (nSPS) is 20.3. The van der Waals surface area contributed by atoms with Gasteiger partial charge in [0.05, 0.1) is 12.2 Å². The highest BCUT2D eigenvalue weighted by Crippen LogP contribution is 2.43. The van der Waals surface area contributed by atoms with Gasteiger partial charge in [0.25, 0.3) is 0 Å². The Labute approximate surface area is 107 Å². The Morgan fingerprint density at radius 3 is 2.61 bits per heavy atom. The van der Waals surface area contributed by atoms with Crippen LogP contribution in [0.2, 0.25) is 0 Å². The van der Waals surface area contributed by atoms with E-state index in [2.05, 4.69) is 15.3 Å². The van der Waals surface area contributed by atoms with E-state index in [0.29, 0.717) is 5.56 Å². The van der Waals surface area contributed by atoms with Gasteiger partial charge in [0.15, 0.2) is 0 Å². The third kappa shape index (κ3) is 2.13. The summed E-state index contributed by atoms with van der Waals surface area (Å²) in [4.78, 5) is 5.97. The first-order chi connectivity index (χ1) is 8.62. The molecule has 5 heteroatoms. The van der Waals surface area contributed by atoms with E-state index >= 15 is 0 Å². The van der Waals surface area contributed by atoms with E-state index in [1.165, 1.54) is 6.20 Å². The standard InChI is InChI=1S/C13H21FN4/c1-18(2)13(6-3-4-7-13)12(17-15)10-5-8-16-9-11(10)14/h5,8-9,12,17H,3-4,6-7,15H2,1-2H3. The van der Waals surface area contributed by atoms with E-state index in [1.54, 1.807) is 12.3 Å². The maximum absolute atomic E-state index is 13.9. The van der Waals surface area contributed by atoms with E-state index in [-0.39, 0.29) is 17.4 Å². The van der Waals surface area contributed by atoms with Crippen LogP contribution < -0.4 is 11.3 Å². The van der Waals surface area contributed by atoms with Gasteiger partial charge in [0, 0.05) is 17.3 Å². The number of pyridine rings is 1. The zero-order chi connectivity index (χ0) is 13.2. The molecule has 0 bridgehead atoms. The summed E-state index contributed by atoms with van der Waals surface area (Å²) in [6.07, 6.45) is 7.22. The van der Waals surface area contributed by atoms with E-state index < -0.39 is 0 Å². The highest BCUT2D eigenvalue weighted by molar-refractivity contribution is 5.23. The lowest BCUT2D eigenvalue weighted by molar-refractivity contribution is 0.103. The second-order valence-corrected chi connectivity index (χ2v) is 5.20. The van der Waals surface area contributed by atoms with Gasteiger partial charge in [-0.15, -0.1) is 0 Å². The number of nitrogens with one attached hydrogen (secondary N) is 1. The van der Waals surface area contributed by atoms with Crippen molar-refractivity contribution in [2.45, 2.75) is 37.3 Å². The zero-order valence-electron chi connectivity index (χ0n) is 11.0. The molecule has 1 aromatic heterocycles. The number of rotatable bonds is 4. The van der Waals surface area contributed by atoms with Crippen LogP contribution in [-0.2, 0) is 0 Å². The number of nitrogens with two attached hydrogens (primary N) is 1. The van der Waals surface area contributed by atoms with Crippen LogP contribution in [0.3, 0.4) is 0 Å². The topological polar surface area (TPSA) is 54.2 Å². The SMILES string of the molecule is CN(C)C1(C(NN)c2ccncc2F)CCCC1. The largest absolute Gasteiger partial charge is 0.302 e. The molecule has 3 N–H and O–H groups in total. The van der Waals surface area contributed by atoms with Crippen molar-refractivity contribution in [2.75, 3.05) is 14.1 Å². The predicted molar refractivity (Wildman–Crippen MR) is 69.1 cm³/mol. The Kier molecular flexibility index (Phi) is 3.94. The average molecular weight is 252 g/mol. The summed E-state index contributed by atoms with van der Waals surface area (Å²) in [6, 6.07) is 1.50. The lowest BCUT2D eigenvalue weighted by atomic mass is 9.83. The molecule has 1 fully saturated rings. The zero-order valence-corrected chi connectivity index (χ0v) is 11.0. The molecule has 1 aliphatic rings. The van der Waals surface area contributed by atoms with Gasteiger partial charge in [0.2, 0.25) is 0 Å². The summed E-state index contributed by atoms with van der Waals surface area (Å²) in [7, 11) is 4.07. The Bertz CT molecular complexity index is 402. The lowest BCUT2D eigenvalue weighted by Gasteiger charge is -2.43. The fourth-order valence-corrected chi connectivity index (χ4v) is 3.14. The molecule has 0 spiro atoms. The first-order valence-electron chi connectivity index (χ1n) is 6.35. The van der Waals surface area contributed by atoms with E-state index in [1.807, 2.05) is 14.1 Å². The molecule has 0 saturated heterocycles. The molecule has 0 amide bonds. The van der Waals surface area contributed by atoms with Gasteiger partial charge in [-0.2, -0.15) is 0 Å². The van der Waals surface area contributed by atoms with Crippen LogP contribution >= 0.6 is 0 Å². The summed E-state index contributed by atoms with van der Waals surface area (Å²) in [5, 5.41) is 0. The van der Waals surface area contributed by atoms with Crippen molar-refractivity contribution < 1.29 is 4.39 Å². The second-order valence-electron chi connectivity index (χ2n) is 5.20. The van der Waals surface area contributed by atoms with E-state index in [9.17, 15) is 4.39 Å². The molecule has 1 aliphatic carbocycles. The van der Waals surface area contributed by atoms with Crippen LogP contribution in [-0.4, -0.2) is 29.5 Å². The quantitative estimate of drug-likeness (QED) is 0.631. The lowest BCUT2D eigenvalue weighted by Crippen LogP contribution is -2.53. The monoisotopic (exact) mass is 252 g/mol. The van der Waals surface area contributed by atoms with Gasteiger partial charge < -0.3 is 4.90 Å². The third-order valence-corrected chi connectivity index (χ3v) is 4.18. The summed E-state index contributed by atoms with van der Waals surface area (Å²) >= 11 is 0. The molecule has 1 saturated carbocycles. The molecule has 0 aromatic carbocycles. The maximum Gasteiger partial charge on any atom is 0.146 e. The van der Waals surface area contributed by atoms with Crippen molar-refractivity contribution in [3.63, 3.8) is 0 Å². The van der Waals surface area contributed by atoms with Crippen molar-refractivity contribution in [2.24, 2.45) is 5.84 Å². The van der Waals surface area contributed by atoms with Crippen molar-refractivity contribution in [3.8, 4) is 0 Å². The highest BCUT2D eigenvalue weighted by Gasteiger charge is 2.44. The van der Waals surface area contributed by atoms with Gasteiger partial charge in [0.1, 0.15) is 5.82 Å².